The minimum atomic E-state index is 0.761. The number of hydrogen-bond acceptors (Lipinski definition) is 3. The fourth-order valence-electron chi connectivity index (χ4n) is 1.98. The SMILES string of the molecule is CN(C)CCn1ncc(Cl)c1C1=CCNCC1. The van der Waals surface area contributed by atoms with Gasteiger partial charge in [0.2, 0.25) is 0 Å². The monoisotopic (exact) mass is 254 g/mol. The van der Waals surface area contributed by atoms with Gasteiger partial charge in [-0.2, -0.15) is 5.10 Å². The van der Waals surface area contributed by atoms with Gasteiger partial charge in [0.1, 0.15) is 0 Å². The number of halogens is 1. The van der Waals surface area contributed by atoms with Crippen molar-refractivity contribution >= 4 is 17.2 Å². The van der Waals surface area contributed by atoms with Gasteiger partial charge >= 0.3 is 0 Å². The molecule has 1 aromatic rings. The van der Waals surface area contributed by atoms with E-state index in [0.717, 1.165) is 43.3 Å². The van der Waals surface area contributed by atoms with Gasteiger partial charge in [0, 0.05) is 13.1 Å². The first-order valence-corrected chi connectivity index (χ1v) is 6.32. The molecular formula is C12H19ClN4. The number of aromatic nitrogens is 2. The summed E-state index contributed by atoms with van der Waals surface area (Å²) in [5, 5.41) is 8.43. The van der Waals surface area contributed by atoms with Crippen molar-refractivity contribution in [3.05, 3.63) is 23.0 Å². The number of nitrogens with one attached hydrogen (secondary N) is 1. The molecule has 0 amide bonds. The van der Waals surface area contributed by atoms with E-state index in [4.69, 9.17) is 11.6 Å². The van der Waals surface area contributed by atoms with E-state index < -0.39 is 0 Å². The highest BCUT2D eigenvalue weighted by molar-refractivity contribution is 6.32. The molecule has 0 fully saturated rings. The Hall–Kier alpha value is -0.840. The van der Waals surface area contributed by atoms with Gasteiger partial charge in [-0.1, -0.05) is 17.7 Å². The highest BCUT2D eigenvalue weighted by atomic mass is 35.5. The van der Waals surface area contributed by atoms with Crippen molar-refractivity contribution in [2.45, 2.75) is 13.0 Å². The first-order chi connectivity index (χ1) is 8.18. The van der Waals surface area contributed by atoms with Crippen LogP contribution in [0, 0.1) is 0 Å². The predicted octanol–water partition coefficient (Wildman–Crippen LogP) is 1.47. The molecule has 2 heterocycles. The molecule has 1 aromatic heterocycles. The lowest BCUT2D eigenvalue weighted by molar-refractivity contribution is 0.372. The zero-order valence-electron chi connectivity index (χ0n) is 10.4. The van der Waals surface area contributed by atoms with Gasteiger partial charge in [0.15, 0.2) is 0 Å². The van der Waals surface area contributed by atoms with Crippen LogP contribution in [0.15, 0.2) is 12.3 Å². The van der Waals surface area contributed by atoms with Gasteiger partial charge in [0.05, 0.1) is 23.5 Å². The summed E-state index contributed by atoms with van der Waals surface area (Å²) in [6, 6.07) is 0. The molecule has 1 aliphatic rings. The van der Waals surface area contributed by atoms with Crippen LogP contribution in [0.4, 0.5) is 0 Å². The average Bonchev–Trinajstić information content (AvgIpc) is 2.69. The van der Waals surface area contributed by atoms with Crippen LogP contribution in [0.25, 0.3) is 5.57 Å². The predicted molar refractivity (Wildman–Crippen MR) is 71.3 cm³/mol. The number of rotatable bonds is 4. The molecule has 94 valence electrons. The fourth-order valence-corrected chi connectivity index (χ4v) is 2.25. The quantitative estimate of drug-likeness (QED) is 0.884. The largest absolute Gasteiger partial charge is 0.313 e. The zero-order valence-corrected chi connectivity index (χ0v) is 11.2. The van der Waals surface area contributed by atoms with Crippen molar-refractivity contribution in [1.82, 2.24) is 20.0 Å². The standard InChI is InChI=1S/C12H19ClN4/c1-16(2)7-8-17-12(11(13)9-15-17)10-3-5-14-6-4-10/h3,9,14H,4-8H2,1-2H3. The Bertz CT molecular complexity index is 409. The van der Waals surface area contributed by atoms with Crippen LogP contribution < -0.4 is 5.32 Å². The van der Waals surface area contributed by atoms with E-state index in [1.807, 2.05) is 4.68 Å². The Balaban J connectivity index is 2.19. The van der Waals surface area contributed by atoms with Crippen molar-refractivity contribution < 1.29 is 0 Å². The molecule has 0 unspecified atom stereocenters. The van der Waals surface area contributed by atoms with Crippen molar-refractivity contribution in [3.63, 3.8) is 0 Å². The maximum Gasteiger partial charge on any atom is 0.0862 e. The van der Waals surface area contributed by atoms with Gasteiger partial charge in [0.25, 0.3) is 0 Å². The Morgan fingerprint density at radius 1 is 1.53 bits per heavy atom. The molecule has 0 aromatic carbocycles. The molecule has 0 saturated carbocycles. The van der Waals surface area contributed by atoms with Crippen LogP contribution in [0.1, 0.15) is 12.1 Å². The summed E-state index contributed by atoms with van der Waals surface area (Å²) >= 11 is 6.24. The summed E-state index contributed by atoms with van der Waals surface area (Å²) < 4.78 is 2.01. The van der Waals surface area contributed by atoms with E-state index >= 15 is 0 Å². The molecule has 0 bridgehead atoms. The zero-order chi connectivity index (χ0) is 12.3. The molecule has 17 heavy (non-hydrogen) atoms. The van der Waals surface area contributed by atoms with Crippen molar-refractivity contribution in [2.75, 3.05) is 33.7 Å². The summed E-state index contributed by atoms with van der Waals surface area (Å²) in [6.45, 7) is 3.78. The summed E-state index contributed by atoms with van der Waals surface area (Å²) in [5.74, 6) is 0. The number of nitrogens with zero attached hydrogens (tertiary/aromatic N) is 3. The Morgan fingerprint density at radius 3 is 3.00 bits per heavy atom. The molecule has 0 saturated heterocycles. The first kappa shape index (κ1) is 12.6. The molecule has 4 nitrogen and oxygen atoms in total. The van der Waals surface area contributed by atoms with Gasteiger partial charge in [-0.25, -0.2) is 0 Å². The van der Waals surface area contributed by atoms with Crippen LogP contribution in [0.5, 0.6) is 0 Å². The second-order valence-electron chi connectivity index (χ2n) is 4.55. The third-order valence-electron chi connectivity index (χ3n) is 2.92. The van der Waals surface area contributed by atoms with Crippen LogP contribution in [0.3, 0.4) is 0 Å². The first-order valence-electron chi connectivity index (χ1n) is 5.94. The summed E-state index contributed by atoms with van der Waals surface area (Å²) in [6.07, 6.45) is 4.97. The van der Waals surface area contributed by atoms with Gasteiger partial charge in [-0.15, -0.1) is 0 Å². The summed E-state index contributed by atoms with van der Waals surface area (Å²) in [5.41, 5.74) is 2.40. The summed E-state index contributed by atoms with van der Waals surface area (Å²) in [7, 11) is 4.13. The topological polar surface area (TPSA) is 33.1 Å². The highest BCUT2D eigenvalue weighted by Gasteiger charge is 2.15. The lowest BCUT2D eigenvalue weighted by Gasteiger charge is -2.17. The molecule has 0 spiro atoms. The highest BCUT2D eigenvalue weighted by Crippen LogP contribution is 2.26. The van der Waals surface area contributed by atoms with Crippen LogP contribution in [-0.2, 0) is 6.54 Å². The molecule has 0 aliphatic carbocycles. The van der Waals surface area contributed by atoms with Gasteiger partial charge in [-0.05, 0) is 32.6 Å². The van der Waals surface area contributed by atoms with Crippen LogP contribution in [-0.4, -0.2) is 48.4 Å². The third-order valence-corrected chi connectivity index (χ3v) is 3.20. The Kier molecular flexibility index (Phi) is 4.20. The van der Waals surface area contributed by atoms with Crippen molar-refractivity contribution in [3.8, 4) is 0 Å². The molecule has 1 aliphatic heterocycles. The molecular weight excluding hydrogens is 236 g/mol. The van der Waals surface area contributed by atoms with Crippen LogP contribution in [0.2, 0.25) is 5.02 Å². The van der Waals surface area contributed by atoms with E-state index in [2.05, 4.69) is 35.5 Å². The van der Waals surface area contributed by atoms with Gasteiger partial charge < -0.3 is 10.2 Å². The molecule has 0 radical (unpaired) electrons. The molecule has 2 rings (SSSR count). The molecule has 0 atom stereocenters. The fraction of sp³-hybridized carbons (Fsp3) is 0.583. The van der Waals surface area contributed by atoms with E-state index in [1.165, 1.54) is 5.57 Å². The minimum absolute atomic E-state index is 0.761. The Morgan fingerprint density at radius 2 is 2.35 bits per heavy atom. The lowest BCUT2D eigenvalue weighted by Crippen LogP contribution is -2.23. The van der Waals surface area contributed by atoms with Crippen molar-refractivity contribution in [1.29, 1.82) is 0 Å². The van der Waals surface area contributed by atoms with Crippen LogP contribution >= 0.6 is 11.6 Å². The van der Waals surface area contributed by atoms with E-state index in [1.54, 1.807) is 6.20 Å². The molecule has 5 heteroatoms. The normalized spacial score (nSPS) is 16.4. The van der Waals surface area contributed by atoms with Crippen molar-refractivity contribution in [2.24, 2.45) is 0 Å². The second-order valence-corrected chi connectivity index (χ2v) is 4.96. The third kappa shape index (κ3) is 3.09. The second kappa shape index (κ2) is 5.67. The smallest absolute Gasteiger partial charge is 0.0862 e. The number of likely N-dealkylation sites (N-methyl/N-ethyl adjacent to an activating group) is 1. The number of hydrogen-bond donors (Lipinski definition) is 1. The maximum atomic E-state index is 6.24. The minimum Gasteiger partial charge on any atom is -0.313 e. The van der Waals surface area contributed by atoms with E-state index in [9.17, 15) is 0 Å². The Labute approximate surface area is 107 Å². The summed E-state index contributed by atoms with van der Waals surface area (Å²) in [4.78, 5) is 2.15. The van der Waals surface area contributed by atoms with E-state index in [-0.39, 0.29) is 0 Å². The lowest BCUT2D eigenvalue weighted by atomic mass is 10.1. The average molecular weight is 255 g/mol. The molecule has 1 N–H and O–H groups in total. The van der Waals surface area contributed by atoms with Gasteiger partial charge in [-0.3, -0.25) is 4.68 Å². The van der Waals surface area contributed by atoms with E-state index in [0.29, 0.717) is 0 Å². The maximum absolute atomic E-state index is 6.24.